The van der Waals surface area contributed by atoms with Gasteiger partial charge >= 0.3 is 0 Å². The number of benzene rings is 2. The standard InChI is InChI=1S/C23H25N3O3/c1-29-21-10-9-16(15-6-3-2-4-7-15)12-19(21)26-17-13-20(23(26)28)25(14-17)22(27)18-8-5-11-24-18/h2-4,6-7,9-10,12,17-18,20,24H,5,8,11,13-14H2,1H3. The van der Waals surface area contributed by atoms with Crippen LogP contribution in [0, 0.1) is 0 Å². The number of amides is 2. The van der Waals surface area contributed by atoms with E-state index in [0.717, 1.165) is 36.2 Å². The third-order valence-corrected chi connectivity index (χ3v) is 6.35. The number of hydrogen-bond donors (Lipinski definition) is 1. The molecule has 2 aromatic carbocycles. The molecule has 3 atom stereocenters. The molecular weight excluding hydrogens is 366 g/mol. The van der Waals surface area contributed by atoms with Gasteiger partial charge in [-0.05, 0) is 49.1 Å². The van der Waals surface area contributed by atoms with Crippen LogP contribution in [0.3, 0.4) is 0 Å². The van der Waals surface area contributed by atoms with Crippen molar-refractivity contribution in [3.63, 3.8) is 0 Å². The van der Waals surface area contributed by atoms with Crippen molar-refractivity contribution in [1.82, 2.24) is 10.2 Å². The van der Waals surface area contributed by atoms with E-state index in [1.807, 2.05) is 41.3 Å². The molecule has 3 aliphatic heterocycles. The molecule has 0 saturated carbocycles. The SMILES string of the molecule is COc1ccc(-c2ccccc2)cc1N1C(=O)C2CC1CN2C(=O)C1CCCN1. The van der Waals surface area contributed by atoms with E-state index in [1.165, 1.54) is 0 Å². The molecular formula is C23H25N3O3. The Kier molecular flexibility index (Phi) is 4.51. The lowest BCUT2D eigenvalue weighted by Crippen LogP contribution is -2.56. The number of carbonyl (C=O) groups excluding carboxylic acids is 2. The third kappa shape index (κ3) is 2.99. The van der Waals surface area contributed by atoms with E-state index in [2.05, 4.69) is 17.4 Å². The average molecular weight is 391 g/mol. The molecule has 0 radical (unpaired) electrons. The minimum absolute atomic E-state index is 0.00206. The van der Waals surface area contributed by atoms with Gasteiger partial charge in [0.1, 0.15) is 11.8 Å². The molecule has 2 amide bonds. The molecule has 3 unspecified atom stereocenters. The van der Waals surface area contributed by atoms with E-state index in [0.29, 0.717) is 18.7 Å². The maximum atomic E-state index is 13.3. The highest BCUT2D eigenvalue weighted by atomic mass is 16.5. The number of carbonyl (C=O) groups is 2. The molecule has 29 heavy (non-hydrogen) atoms. The summed E-state index contributed by atoms with van der Waals surface area (Å²) in [5.41, 5.74) is 2.93. The monoisotopic (exact) mass is 391 g/mol. The Bertz CT molecular complexity index is 940. The minimum atomic E-state index is -0.361. The molecule has 3 aliphatic rings. The number of anilines is 1. The molecule has 3 fully saturated rings. The molecule has 2 aromatic rings. The highest BCUT2D eigenvalue weighted by Crippen LogP contribution is 2.42. The Morgan fingerprint density at radius 2 is 1.97 bits per heavy atom. The molecule has 3 heterocycles. The number of methoxy groups -OCH3 is 1. The van der Waals surface area contributed by atoms with Crippen LogP contribution in [0.1, 0.15) is 19.3 Å². The quantitative estimate of drug-likeness (QED) is 0.870. The summed E-state index contributed by atoms with van der Waals surface area (Å²) < 4.78 is 5.58. The van der Waals surface area contributed by atoms with Crippen molar-refractivity contribution in [1.29, 1.82) is 0 Å². The van der Waals surface area contributed by atoms with Gasteiger partial charge in [-0.3, -0.25) is 9.59 Å². The zero-order chi connectivity index (χ0) is 20.0. The first-order chi connectivity index (χ1) is 14.2. The lowest BCUT2D eigenvalue weighted by Gasteiger charge is -2.35. The number of hydrogen-bond acceptors (Lipinski definition) is 4. The summed E-state index contributed by atoms with van der Waals surface area (Å²) >= 11 is 0. The Hall–Kier alpha value is -2.86. The second kappa shape index (κ2) is 7.19. The van der Waals surface area contributed by atoms with Crippen molar-refractivity contribution in [3.8, 4) is 16.9 Å². The van der Waals surface area contributed by atoms with E-state index in [-0.39, 0.29) is 29.9 Å². The van der Waals surface area contributed by atoms with Crippen molar-refractivity contribution in [2.45, 2.75) is 37.4 Å². The van der Waals surface area contributed by atoms with E-state index >= 15 is 0 Å². The molecule has 6 heteroatoms. The van der Waals surface area contributed by atoms with Crippen LogP contribution in [0.4, 0.5) is 5.69 Å². The van der Waals surface area contributed by atoms with E-state index in [1.54, 1.807) is 12.0 Å². The van der Waals surface area contributed by atoms with E-state index < -0.39 is 0 Å². The highest BCUT2D eigenvalue weighted by Gasteiger charge is 2.53. The van der Waals surface area contributed by atoms with Crippen molar-refractivity contribution < 1.29 is 14.3 Å². The maximum Gasteiger partial charge on any atom is 0.250 e. The van der Waals surface area contributed by atoms with E-state index in [9.17, 15) is 9.59 Å². The number of nitrogens with zero attached hydrogens (tertiary/aromatic N) is 2. The molecule has 6 nitrogen and oxygen atoms in total. The Morgan fingerprint density at radius 1 is 1.14 bits per heavy atom. The minimum Gasteiger partial charge on any atom is -0.495 e. The summed E-state index contributed by atoms with van der Waals surface area (Å²) in [5, 5.41) is 3.26. The van der Waals surface area contributed by atoms with E-state index in [4.69, 9.17) is 4.74 Å². The smallest absolute Gasteiger partial charge is 0.250 e. The Labute approximate surface area is 170 Å². The Balaban J connectivity index is 1.44. The van der Waals surface area contributed by atoms with Crippen LogP contribution >= 0.6 is 0 Å². The van der Waals surface area contributed by atoms with Crippen molar-refractivity contribution in [3.05, 3.63) is 48.5 Å². The first-order valence-corrected chi connectivity index (χ1v) is 10.3. The molecule has 2 bridgehead atoms. The van der Waals surface area contributed by atoms with Crippen LogP contribution in [0.2, 0.25) is 0 Å². The summed E-state index contributed by atoms with van der Waals surface area (Å²) in [6.45, 7) is 1.47. The van der Waals surface area contributed by atoms with Gasteiger partial charge in [-0.25, -0.2) is 0 Å². The zero-order valence-corrected chi connectivity index (χ0v) is 16.5. The lowest BCUT2D eigenvalue weighted by atomic mass is 10.0. The third-order valence-electron chi connectivity index (χ3n) is 6.35. The van der Waals surface area contributed by atoms with Gasteiger partial charge in [0, 0.05) is 6.54 Å². The Morgan fingerprint density at radius 3 is 2.66 bits per heavy atom. The average Bonchev–Trinajstić information content (AvgIpc) is 3.50. The molecule has 3 saturated heterocycles. The van der Waals surface area contributed by atoms with Gasteiger partial charge in [-0.15, -0.1) is 0 Å². The molecule has 150 valence electrons. The van der Waals surface area contributed by atoms with Gasteiger partial charge < -0.3 is 19.9 Å². The first-order valence-electron chi connectivity index (χ1n) is 10.3. The van der Waals surface area contributed by atoms with Crippen LogP contribution in [0.15, 0.2) is 48.5 Å². The van der Waals surface area contributed by atoms with Gasteiger partial charge in [-0.2, -0.15) is 0 Å². The van der Waals surface area contributed by atoms with Gasteiger partial charge in [0.2, 0.25) is 11.8 Å². The largest absolute Gasteiger partial charge is 0.495 e. The summed E-state index contributed by atoms with van der Waals surface area (Å²) in [6.07, 6.45) is 2.56. The second-order valence-corrected chi connectivity index (χ2v) is 8.01. The van der Waals surface area contributed by atoms with Crippen molar-refractivity contribution >= 4 is 17.5 Å². The summed E-state index contributed by atoms with van der Waals surface area (Å²) in [5.74, 6) is 0.755. The fraction of sp³-hybridized carbons (Fsp3) is 0.391. The fourth-order valence-corrected chi connectivity index (χ4v) is 4.92. The zero-order valence-electron chi connectivity index (χ0n) is 16.5. The van der Waals surface area contributed by atoms with Gasteiger partial charge in [0.25, 0.3) is 0 Å². The normalized spacial score (nSPS) is 25.7. The molecule has 0 aliphatic carbocycles. The number of likely N-dealkylation sites (tertiary alicyclic amines) is 1. The predicted molar refractivity (Wildman–Crippen MR) is 111 cm³/mol. The number of fused-ring (bicyclic) bond motifs is 2. The molecule has 5 rings (SSSR count). The topological polar surface area (TPSA) is 61.9 Å². The van der Waals surface area contributed by atoms with Crippen molar-refractivity contribution in [2.24, 2.45) is 0 Å². The summed E-state index contributed by atoms with van der Waals surface area (Å²) in [6, 6.07) is 15.6. The van der Waals surface area contributed by atoms with Crippen molar-refractivity contribution in [2.75, 3.05) is 25.1 Å². The molecule has 0 spiro atoms. The summed E-state index contributed by atoms with van der Waals surface area (Å²) in [7, 11) is 1.63. The van der Waals surface area contributed by atoms with Crippen LogP contribution in [-0.4, -0.2) is 55.0 Å². The second-order valence-electron chi connectivity index (χ2n) is 8.01. The van der Waals surface area contributed by atoms with Gasteiger partial charge in [0.15, 0.2) is 0 Å². The summed E-state index contributed by atoms with van der Waals surface area (Å²) in [4.78, 5) is 29.8. The van der Waals surface area contributed by atoms with Crippen LogP contribution < -0.4 is 15.0 Å². The number of piperazine rings is 1. The van der Waals surface area contributed by atoms with Crippen LogP contribution in [0.5, 0.6) is 5.75 Å². The number of ether oxygens (including phenoxy) is 1. The fourth-order valence-electron chi connectivity index (χ4n) is 4.92. The number of nitrogens with one attached hydrogen (secondary N) is 1. The molecule has 0 aromatic heterocycles. The lowest BCUT2D eigenvalue weighted by molar-refractivity contribution is -0.139. The van der Waals surface area contributed by atoms with Crippen LogP contribution in [0.25, 0.3) is 11.1 Å². The van der Waals surface area contributed by atoms with Crippen LogP contribution in [-0.2, 0) is 9.59 Å². The first kappa shape index (κ1) is 18.2. The maximum absolute atomic E-state index is 13.3. The highest BCUT2D eigenvalue weighted by molar-refractivity contribution is 6.05. The molecule has 1 N–H and O–H groups in total. The predicted octanol–water partition coefficient (Wildman–Crippen LogP) is 2.43. The van der Waals surface area contributed by atoms with Gasteiger partial charge in [0.05, 0.1) is 24.9 Å². The van der Waals surface area contributed by atoms with Gasteiger partial charge in [-0.1, -0.05) is 36.4 Å². The number of rotatable bonds is 4.